The van der Waals surface area contributed by atoms with E-state index in [-0.39, 0.29) is 18.1 Å². The van der Waals surface area contributed by atoms with E-state index in [0.29, 0.717) is 5.82 Å². The van der Waals surface area contributed by atoms with Crippen molar-refractivity contribution >= 4 is 5.91 Å². The average Bonchev–Trinajstić information content (AvgIpc) is 3.23. The molecule has 2 aromatic heterocycles. The Labute approximate surface area is 148 Å². The summed E-state index contributed by atoms with van der Waals surface area (Å²) in [6.07, 6.45) is 3.54. The van der Waals surface area contributed by atoms with Crippen molar-refractivity contribution < 1.29 is 14.4 Å². The summed E-state index contributed by atoms with van der Waals surface area (Å²) in [6, 6.07) is 3.81. The Morgan fingerprint density at radius 2 is 2.12 bits per heavy atom. The van der Waals surface area contributed by atoms with Crippen LogP contribution in [0.1, 0.15) is 60.1 Å². The monoisotopic (exact) mass is 345 g/mol. The Morgan fingerprint density at radius 3 is 2.76 bits per heavy atom. The van der Waals surface area contributed by atoms with E-state index < -0.39 is 0 Å². The molecule has 6 heteroatoms. The number of aliphatic hydroxyl groups excluding tert-OH is 1. The zero-order valence-corrected chi connectivity index (χ0v) is 15.5. The van der Waals surface area contributed by atoms with E-state index in [1.54, 1.807) is 0 Å². The highest BCUT2D eigenvalue weighted by molar-refractivity contribution is 5.96. The molecule has 0 aromatic carbocycles. The quantitative estimate of drug-likeness (QED) is 0.903. The first-order valence-corrected chi connectivity index (χ1v) is 8.93. The van der Waals surface area contributed by atoms with Crippen molar-refractivity contribution in [3.05, 3.63) is 34.8 Å². The first kappa shape index (κ1) is 17.7. The molecule has 0 bridgehead atoms. The summed E-state index contributed by atoms with van der Waals surface area (Å²) in [5.41, 5.74) is 2.39. The zero-order valence-electron chi connectivity index (χ0n) is 15.5. The molecule has 1 amide bonds. The largest absolute Gasteiger partial charge is 0.396 e. The van der Waals surface area contributed by atoms with E-state index in [9.17, 15) is 9.90 Å². The summed E-state index contributed by atoms with van der Waals surface area (Å²) in [4.78, 5) is 15.2. The third kappa shape index (κ3) is 3.11. The summed E-state index contributed by atoms with van der Waals surface area (Å²) < 4.78 is 7.15. The van der Waals surface area contributed by atoms with Crippen LogP contribution < -0.4 is 0 Å². The van der Waals surface area contributed by atoms with Gasteiger partial charge in [0, 0.05) is 36.1 Å². The molecule has 0 radical (unpaired) electrons. The van der Waals surface area contributed by atoms with E-state index in [2.05, 4.69) is 12.1 Å². The van der Waals surface area contributed by atoms with Crippen LogP contribution in [0.3, 0.4) is 0 Å². The standard InChI is InChI=1S/C19H27N3O3/c1-13-11-16(15(3)22(13)17-12-14(2)25-20-17)18(24)21-9-5-7-19(21,4)8-6-10-23/h11-12,23H,5-10H2,1-4H3. The number of likely N-dealkylation sites (tertiary alicyclic amines) is 1. The second-order valence-corrected chi connectivity index (χ2v) is 7.30. The Hall–Kier alpha value is -2.08. The minimum absolute atomic E-state index is 0.0671. The van der Waals surface area contributed by atoms with Gasteiger partial charge < -0.3 is 14.5 Å². The molecule has 136 valence electrons. The number of aryl methyl sites for hydroxylation is 2. The molecule has 0 aliphatic carbocycles. The molecule has 3 rings (SSSR count). The van der Waals surface area contributed by atoms with Gasteiger partial charge in [-0.3, -0.25) is 9.36 Å². The van der Waals surface area contributed by atoms with Gasteiger partial charge in [-0.05, 0) is 59.4 Å². The van der Waals surface area contributed by atoms with Crippen molar-refractivity contribution in [2.24, 2.45) is 0 Å². The fourth-order valence-corrected chi connectivity index (χ4v) is 4.03. The lowest BCUT2D eigenvalue weighted by Crippen LogP contribution is -2.45. The van der Waals surface area contributed by atoms with Crippen LogP contribution >= 0.6 is 0 Å². The Balaban J connectivity index is 1.93. The zero-order chi connectivity index (χ0) is 18.2. The molecule has 6 nitrogen and oxygen atoms in total. The molecule has 2 aromatic rings. The van der Waals surface area contributed by atoms with Gasteiger partial charge in [0.05, 0.1) is 5.56 Å². The van der Waals surface area contributed by atoms with Gasteiger partial charge in [0.1, 0.15) is 5.76 Å². The number of aliphatic hydroxyl groups is 1. The number of carbonyl (C=O) groups excluding carboxylic acids is 1. The highest BCUT2D eigenvalue weighted by Gasteiger charge is 2.40. The van der Waals surface area contributed by atoms with E-state index in [1.165, 1.54) is 0 Å². The van der Waals surface area contributed by atoms with Crippen molar-refractivity contribution in [1.29, 1.82) is 0 Å². The third-order valence-corrected chi connectivity index (χ3v) is 5.37. The predicted octanol–water partition coefficient (Wildman–Crippen LogP) is 3.16. The summed E-state index contributed by atoms with van der Waals surface area (Å²) in [6.45, 7) is 8.85. The van der Waals surface area contributed by atoms with Gasteiger partial charge in [0.25, 0.3) is 5.91 Å². The fraction of sp³-hybridized carbons (Fsp3) is 0.579. The van der Waals surface area contributed by atoms with Gasteiger partial charge in [-0.25, -0.2) is 0 Å². The molecule has 1 fully saturated rings. The number of amides is 1. The number of hydrogen-bond donors (Lipinski definition) is 1. The van der Waals surface area contributed by atoms with Crippen LogP contribution in [0.25, 0.3) is 5.82 Å². The number of rotatable bonds is 5. The fourth-order valence-electron chi connectivity index (χ4n) is 4.03. The minimum Gasteiger partial charge on any atom is -0.396 e. The normalized spacial score (nSPS) is 20.4. The predicted molar refractivity (Wildman–Crippen MR) is 95.0 cm³/mol. The Bertz CT molecular complexity index is 777. The van der Waals surface area contributed by atoms with Crippen molar-refractivity contribution in [3.63, 3.8) is 0 Å². The number of hydrogen-bond acceptors (Lipinski definition) is 4. The molecule has 1 saturated heterocycles. The smallest absolute Gasteiger partial charge is 0.256 e. The van der Waals surface area contributed by atoms with Gasteiger partial charge in [0.2, 0.25) is 0 Å². The molecule has 0 spiro atoms. The molecule has 1 N–H and O–H groups in total. The maximum atomic E-state index is 13.3. The van der Waals surface area contributed by atoms with Crippen molar-refractivity contribution in [3.8, 4) is 5.82 Å². The topological polar surface area (TPSA) is 71.5 Å². The van der Waals surface area contributed by atoms with E-state index in [4.69, 9.17) is 4.52 Å². The van der Waals surface area contributed by atoms with E-state index in [0.717, 1.165) is 54.9 Å². The van der Waals surface area contributed by atoms with Gasteiger partial charge in [-0.1, -0.05) is 5.16 Å². The summed E-state index contributed by atoms with van der Waals surface area (Å²) in [5, 5.41) is 13.3. The van der Waals surface area contributed by atoms with Gasteiger partial charge >= 0.3 is 0 Å². The van der Waals surface area contributed by atoms with Crippen LogP contribution in [0.15, 0.2) is 16.7 Å². The summed E-state index contributed by atoms with van der Waals surface area (Å²) >= 11 is 0. The maximum absolute atomic E-state index is 13.3. The SMILES string of the molecule is Cc1cc(-n2c(C)cc(C(=O)N3CCCC3(C)CCCO)c2C)no1. The van der Waals surface area contributed by atoms with Crippen LogP contribution in [0, 0.1) is 20.8 Å². The molecule has 1 aliphatic heterocycles. The molecule has 0 saturated carbocycles. The van der Waals surface area contributed by atoms with Gasteiger partial charge in [-0.2, -0.15) is 0 Å². The number of nitrogens with zero attached hydrogens (tertiary/aromatic N) is 3. The summed E-state index contributed by atoms with van der Waals surface area (Å²) in [5.74, 6) is 1.51. The van der Waals surface area contributed by atoms with Crippen molar-refractivity contribution in [2.75, 3.05) is 13.2 Å². The Kier molecular flexibility index (Phi) is 4.73. The molecule has 1 aliphatic rings. The van der Waals surface area contributed by atoms with Crippen molar-refractivity contribution in [2.45, 2.75) is 58.9 Å². The Morgan fingerprint density at radius 1 is 1.36 bits per heavy atom. The second kappa shape index (κ2) is 6.67. The molecule has 3 heterocycles. The first-order chi connectivity index (χ1) is 11.9. The highest BCUT2D eigenvalue weighted by atomic mass is 16.5. The highest BCUT2D eigenvalue weighted by Crippen LogP contribution is 2.35. The van der Waals surface area contributed by atoms with Crippen LogP contribution in [0.5, 0.6) is 0 Å². The van der Waals surface area contributed by atoms with E-state index in [1.807, 2.05) is 42.4 Å². The van der Waals surface area contributed by atoms with Gasteiger partial charge in [-0.15, -0.1) is 0 Å². The number of carbonyl (C=O) groups is 1. The lowest BCUT2D eigenvalue weighted by atomic mass is 9.92. The second-order valence-electron chi connectivity index (χ2n) is 7.30. The minimum atomic E-state index is -0.174. The van der Waals surface area contributed by atoms with Crippen LogP contribution in [0.4, 0.5) is 0 Å². The van der Waals surface area contributed by atoms with Gasteiger partial charge in [0.15, 0.2) is 5.82 Å². The molecular weight excluding hydrogens is 318 g/mol. The summed E-state index contributed by atoms with van der Waals surface area (Å²) in [7, 11) is 0. The third-order valence-electron chi connectivity index (χ3n) is 5.37. The average molecular weight is 345 g/mol. The lowest BCUT2D eigenvalue weighted by Gasteiger charge is -2.35. The molecular formula is C19H27N3O3. The van der Waals surface area contributed by atoms with Crippen LogP contribution in [-0.4, -0.2) is 44.3 Å². The molecule has 1 unspecified atom stereocenters. The first-order valence-electron chi connectivity index (χ1n) is 8.93. The molecule has 25 heavy (non-hydrogen) atoms. The maximum Gasteiger partial charge on any atom is 0.256 e. The van der Waals surface area contributed by atoms with Crippen molar-refractivity contribution in [1.82, 2.24) is 14.6 Å². The molecule has 1 atom stereocenters. The number of aromatic nitrogens is 2. The van der Waals surface area contributed by atoms with Crippen LogP contribution in [0.2, 0.25) is 0 Å². The van der Waals surface area contributed by atoms with Crippen LogP contribution in [-0.2, 0) is 0 Å². The van der Waals surface area contributed by atoms with E-state index >= 15 is 0 Å². The lowest BCUT2D eigenvalue weighted by molar-refractivity contribution is 0.0594.